The van der Waals surface area contributed by atoms with E-state index in [0.29, 0.717) is 22.2 Å². The molecule has 5 heteroatoms. The van der Waals surface area contributed by atoms with Crippen molar-refractivity contribution in [3.63, 3.8) is 0 Å². The van der Waals surface area contributed by atoms with E-state index in [1.807, 2.05) is 0 Å². The Balaban J connectivity index is 2.67. The van der Waals surface area contributed by atoms with Crippen LogP contribution in [0.4, 0.5) is 0 Å². The molecule has 1 rings (SSSR count). The SMILES string of the molecule is O=C(O)COC1=C(Cl)CC=C(Cl)C=C1. The van der Waals surface area contributed by atoms with Gasteiger partial charge in [-0.05, 0) is 12.2 Å². The van der Waals surface area contributed by atoms with Crippen molar-refractivity contribution in [2.45, 2.75) is 6.42 Å². The summed E-state index contributed by atoms with van der Waals surface area (Å²) in [5, 5.41) is 9.39. The second-order valence-corrected chi connectivity index (χ2v) is 3.47. The first-order valence-electron chi connectivity index (χ1n) is 3.86. The summed E-state index contributed by atoms with van der Waals surface area (Å²) in [6.45, 7) is -0.409. The summed E-state index contributed by atoms with van der Waals surface area (Å²) in [4.78, 5) is 10.2. The summed E-state index contributed by atoms with van der Waals surface area (Å²) in [7, 11) is 0. The minimum absolute atomic E-state index is 0.348. The van der Waals surface area contributed by atoms with E-state index in [4.69, 9.17) is 33.0 Å². The van der Waals surface area contributed by atoms with Crippen LogP contribution in [0.25, 0.3) is 0 Å². The fourth-order valence-corrected chi connectivity index (χ4v) is 1.20. The number of halogens is 2. The van der Waals surface area contributed by atoms with Crippen molar-refractivity contribution in [1.29, 1.82) is 0 Å². The molecular formula is C9H8Cl2O3. The van der Waals surface area contributed by atoms with Gasteiger partial charge in [-0.15, -0.1) is 0 Å². The van der Waals surface area contributed by atoms with Gasteiger partial charge >= 0.3 is 5.97 Å². The lowest BCUT2D eigenvalue weighted by Crippen LogP contribution is -2.06. The molecule has 0 atom stereocenters. The molecule has 0 amide bonds. The lowest BCUT2D eigenvalue weighted by molar-refractivity contribution is -0.140. The topological polar surface area (TPSA) is 46.5 Å². The maximum Gasteiger partial charge on any atom is 0.341 e. The zero-order chi connectivity index (χ0) is 10.6. The van der Waals surface area contributed by atoms with Gasteiger partial charge in [0.2, 0.25) is 0 Å². The van der Waals surface area contributed by atoms with Gasteiger partial charge in [-0.1, -0.05) is 29.3 Å². The highest BCUT2D eigenvalue weighted by Crippen LogP contribution is 2.23. The number of carbonyl (C=O) groups is 1. The molecule has 0 spiro atoms. The number of ether oxygens (including phenoxy) is 1. The first-order chi connectivity index (χ1) is 6.59. The van der Waals surface area contributed by atoms with Gasteiger partial charge in [0.25, 0.3) is 0 Å². The lowest BCUT2D eigenvalue weighted by atomic mass is 10.3. The molecule has 1 aliphatic rings. The minimum Gasteiger partial charge on any atom is -0.481 e. The smallest absolute Gasteiger partial charge is 0.341 e. The third-order valence-corrected chi connectivity index (χ3v) is 2.11. The fraction of sp³-hybridized carbons (Fsp3) is 0.222. The van der Waals surface area contributed by atoms with Crippen LogP contribution in [0, 0.1) is 0 Å². The molecule has 14 heavy (non-hydrogen) atoms. The highest BCUT2D eigenvalue weighted by Gasteiger charge is 2.07. The van der Waals surface area contributed by atoms with Crippen LogP contribution in [-0.2, 0) is 9.53 Å². The van der Waals surface area contributed by atoms with E-state index in [0.717, 1.165) is 0 Å². The van der Waals surface area contributed by atoms with E-state index in [1.54, 1.807) is 18.2 Å². The Morgan fingerprint density at radius 3 is 2.86 bits per heavy atom. The Labute approximate surface area is 91.3 Å². The molecule has 0 aromatic rings. The van der Waals surface area contributed by atoms with Crippen LogP contribution in [0.1, 0.15) is 6.42 Å². The summed E-state index contributed by atoms with van der Waals surface area (Å²) < 4.78 is 4.95. The number of carboxylic acids is 1. The van der Waals surface area contributed by atoms with E-state index in [1.165, 1.54) is 0 Å². The summed E-state index contributed by atoms with van der Waals surface area (Å²) >= 11 is 11.6. The predicted octanol–water partition coefficient (Wildman–Crippen LogP) is 2.62. The average molecular weight is 235 g/mol. The lowest BCUT2D eigenvalue weighted by Gasteiger charge is -2.04. The van der Waals surface area contributed by atoms with E-state index in [-0.39, 0.29) is 0 Å². The number of aliphatic carboxylic acids is 1. The molecule has 1 N–H and O–H groups in total. The minimum atomic E-state index is -1.04. The second kappa shape index (κ2) is 5.08. The molecule has 0 fully saturated rings. The molecule has 0 heterocycles. The largest absolute Gasteiger partial charge is 0.481 e. The van der Waals surface area contributed by atoms with Crippen molar-refractivity contribution in [3.05, 3.63) is 34.1 Å². The average Bonchev–Trinajstić information content (AvgIpc) is 2.27. The predicted molar refractivity (Wildman–Crippen MR) is 54.2 cm³/mol. The molecule has 0 saturated carbocycles. The van der Waals surface area contributed by atoms with Crippen LogP contribution in [-0.4, -0.2) is 17.7 Å². The normalized spacial score (nSPS) is 16.3. The number of rotatable bonds is 3. The van der Waals surface area contributed by atoms with Gasteiger partial charge in [0, 0.05) is 11.5 Å². The van der Waals surface area contributed by atoms with Gasteiger partial charge in [-0.25, -0.2) is 4.79 Å². The molecule has 0 aromatic carbocycles. The van der Waals surface area contributed by atoms with Gasteiger partial charge in [0.05, 0.1) is 5.03 Å². The summed E-state index contributed by atoms with van der Waals surface area (Å²) in [6, 6.07) is 0. The van der Waals surface area contributed by atoms with Gasteiger partial charge in [-0.2, -0.15) is 0 Å². The van der Waals surface area contributed by atoms with Crippen molar-refractivity contribution in [2.24, 2.45) is 0 Å². The van der Waals surface area contributed by atoms with Crippen LogP contribution >= 0.6 is 23.2 Å². The van der Waals surface area contributed by atoms with Crippen LogP contribution in [0.3, 0.4) is 0 Å². The Bertz CT molecular complexity index is 329. The monoisotopic (exact) mass is 234 g/mol. The van der Waals surface area contributed by atoms with E-state index >= 15 is 0 Å². The zero-order valence-electron chi connectivity index (χ0n) is 7.17. The fourth-order valence-electron chi connectivity index (χ4n) is 0.867. The van der Waals surface area contributed by atoms with E-state index in [2.05, 4.69) is 0 Å². The Morgan fingerprint density at radius 2 is 2.21 bits per heavy atom. The number of hydrogen-bond donors (Lipinski definition) is 1. The van der Waals surface area contributed by atoms with Crippen molar-refractivity contribution < 1.29 is 14.6 Å². The zero-order valence-corrected chi connectivity index (χ0v) is 8.68. The molecular weight excluding hydrogens is 227 g/mol. The standard InChI is InChI=1S/C9H8Cl2O3/c10-6-1-3-7(11)8(4-2-6)14-5-9(12)13/h1-2,4H,3,5H2,(H,12,13). The summed E-state index contributed by atoms with van der Waals surface area (Å²) in [5.41, 5.74) is 0. The summed E-state index contributed by atoms with van der Waals surface area (Å²) in [5.74, 6) is -0.695. The molecule has 0 aliphatic heterocycles. The molecule has 0 saturated heterocycles. The van der Waals surface area contributed by atoms with Crippen LogP contribution in [0.15, 0.2) is 34.1 Å². The van der Waals surface area contributed by atoms with Crippen molar-refractivity contribution >= 4 is 29.2 Å². The molecule has 1 aliphatic carbocycles. The Morgan fingerprint density at radius 1 is 1.50 bits per heavy atom. The van der Waals surface area contributed by atoms with Crippen LogP contribution in [0.2, 0.25) is 0 Å². The molecule has 3 nitrogen and oxygen atoms in total. The third-order valence-electron chi connectivity index (χ3n) is 1.49. The number of carboxylic acid groups (broad SMARTS) is 1. The maximum absolute atomic E-state index is 10.2. The highest BCUT2D eigenvalue weighted by molar-refractivity contribution is 6.32. The quantitative estimate of drug-likeness (QED) is 0.817. The van der Waals surface area contributed by atoms with Crippen molar-refractivity contribution in [1.82, 2.24) is 0 Å². The second-order valence-electron chi connectivity index (χ2n) is 2.58. The van der Waals surface area contributed by atoms with Gasteiger partial charge in [0.1, 0.15) is 5.76 Å². The number of allylic oxidation sites excluding steroid dienone is 5. The van der Waals surface area contributed by atoms with Gasteiger partial charge in [0.15, 0.2) is 6.61 Å². The molecule has 0 aromatic heterocycles. The van der Waals surface area contributed by atoms with Crippen molar-refractivity contribution in [3.8, 4) is 0 Å². The molecule has 0 radical (unpaired) electrons. The highest BCUT2D eigenvalue weighted by atomic mass is 35.5. The van der Waals surface area contributed by atoms with E-state index in [9.17, 15) is 4.79 Å². The first kappa shape index (κ1) is 11.1. The van der Waals surface area contributed by atoms with Crippen molar-refractivity contribution in [2.75, 3.05) is 6.61 Å². The first-order valence-corrected chi connectivity index (χ1v) is 4.62. The van der Waals surface area contributed by atoms with Gasteiger partial charge in [-0.3, -0.25) is 0 Å². The molecule has 0 unspecified atom stereocenters. The molecule has 0 bridgehead atoms. The summed E-state index contributed by atoms with van der Waals surface area (Å²) in [6.07, 6.45) is 5.32. The Kier molecular flexibility index (Phi) is 4.04. The Hall–Kier alpha value is -0.930. The molecule has 76 valence electrons. The maximum atomic E-state index is 10.2. The van der Waals surface area contributed by atoms with Crippen LogP contribution < -0.4 is 0 Å². The number of hydrogen-bond acceptors (Lipinski definition) is 2. The van der Waals surface area contributed by atoms with Gasteiger partial charge < -0.3 is 9.84 Å². The van der Waals surface area contributed by atoms with Crippen LogP contribution in [0.5, 0.6) is 0 Å². The van der Waals surface area contributed by atoms with E-state index < -0.39 is 12.6 Å². The third kappa shape index (κ3) is 3.44.